The predicted octanol–water partition coefficient (Wildman–Crippen LogP) is 5.07. The second-order valence-electron chi connectivity index (χ2n) is 8.60. The van der Waals surface area contributed by atoms with Gasteiger partial charge in [-0.25, -0.2) is 4.98 Å². The van der Waals surface area contributed by atoms with Crippen LogP contribution in [0.2, 0.25) is 0 Å². The van der Waals surface area contributed by atoms with Crippen molar-refractivity contribution >= 4 is 50.6 Å². The Balaban J connectivity index is 1.44. The number of nitrogens with one attached hydrogen (secondary N) is 1. The molecule has 1 aliphatic rings. The van der Waals surface area contributed by atoms with Crippen molar-refractivity contribution in [2.24, 2.45) is 5.92 Å². The zero-order chi connectivity index (χ0) is 23.1. The van der Waals surface area contributed by atoms with Crippen molar-refractivity contribution in [1.82, 2.24) is 19.6 Å². The molecule has 1 aliphatic carbocycles. The number of aromatic nitrogens is 4. The highest BCUT2D eigenvalue weighted by atomic mass is 32.2. The fraction of sp³-hybridized carbons (Fsp3) is 0.417. The minimum absolute atomic E-state index is 0.116. The lowest BCUT2D eigenvalue weighted by molar-refractivity contribution is -0.113. The lowest BCUT2D eigenvalue weighted by Crippen LogP contribution is -2.15. The molecule has 3 heterocycles. The van der Waals surface area contributed by atoms with Crippen LogP contribution in [0.1, 0.15) is 42.1 Å². The van der Waals surface area contributed by atoms with Gasteiger partial charge in [0.1, 0.15) is 16.4 Å². The lowest BCUT2D eigenvalue weighted by Gasteiger charge is -2.17. The number of benzene rings is 1. The number of thioether (sulfide) groups is 1. The van der Waals surface area contributed by atoms with E-state index >= 15 is 0 Å². The maximum Gasteiger partial charge on any atom is 0.234 e. The van der Waals surface area contributed by atoms with Crippen LogP contribution in [0, 0.1) is 12.8 Å². The molecule has 172 valence electrons. The van der Waals surface area contributed by atoms with E-state index in [0.717, 1.165) is 46.5 Å². The summed E-state index contributed by atoms with van der Waals surface area (Å²) in [6.45, 7) is 6.39. The van der Waals surface area contributed by atoms with Crippen LogP contribution in [0.25, 0.3) is 15.9 Å². The molecular formula is C24H27N5O2S2. The SMILES string of the molecule is CCc1nc2sc3c(c2c2nnc(SCC(=O)Nc4cc(C)ccc4OC)n12)CC[C@H](C)C3. The van der Waals surface area contributed by atoms with Gasteiger partial charge >= 0.3 is 0 Å². The van der Waals surface area contributed by atoms with Gasteiger partial charge in [0.15, 0.2) is 10.8 Å². The highest BCUT2D eigenvalue weighted by Gasteiger charge is 2.25. The Labute approximate surface area is 201 Å². The van der Waals surface area contributed by atoms with Crippen molar-refractivity contribution in [3.63, 3.8) is 0 Å². The quantitative estimate of drug-likeness (QED) is 0.387. The van der Waals surface area contributed by atoms with Crippen LogP contribution >= 0.6 is 23.1 Å². The molecule has 1 aromatic carbocycles. The fourth-order valence-electron chi connectivity index (χ4n) is 4.44. The van der Waals surface area contributed by atoms with Gasteiger partial charge in [0.2, 0.25) is 5.91 Å². The van der Waals surface area contributed by atoms with Crippen molar-refractivity contribution in [2.45, 2.75) is 51.6 Å². The van der Waals surface area contributed by atoms with E-state index in [4.69, 9.17) is 9.72 Å². The monoisotopic (exact) mass is 481 g/mol. The molecule has 0 unspecified atom stereocenters. The summed E-state index contributed by atoms with van der Waals surface area (Å²) in [5, 5.41) is 13.8. The van der Waals surface area contributed by atoms with E-state index in [1.54, 1.807) is 18.4 Å². The highest BCUT2D eigenvalue weighted by molar-refractivity contribution is 7.99. The predicted molar refractivity (Wildman–Crippen MR) is 134 cm³/mol. The molecule has 4 aromatic rings. The number of fused-ring (bicyclic) bond motifs is 5. The highest BCUT2D eigenvalue weighted by Crippen LogP contribution is 2.39. The largest absolute Gasteiger partial charge is 0.495 e. The molecule has 5 rings (SSSR count). The standard InChI is InChI=1S/C24H27N5O2S2/c1-5-19-26-23-21(15-8-6-14(3)11-18(15)33-23)22-27-28-24(29(19)22)32-12-20(30)25-16-10-13(2)7-9-17(16)31-4/h7,9-10,14H,5-6,8,11-12H2,1-4H3,(H,25,30)/t14-/m0/s1. The second-order valence-corrected chi connectivity index (χ2v) is 10.6. The fourth-order valence-corrected chi connectivity index (χ4v) is 6.59. The van der Waals surface area contributed by atoms with Gasteiger partial charge in [0.25, 0.3) is 0 Å². The summed E-state index contributed by atoms with van der Waals surface area (Å²) in [6, 6.07) is 5.72. The van der Waals surface area contributed by atoms with Crippen LogP contribution < -0.4 is 10.1 Å². The Morgan fingerprint density at radius 1 is 1.36 bits per heavy atom. The molecule has 1 N–H and O–H groups in total. The molecule has 7 nitrogen and oxygen atoms in total. The van der Waals surface area contributed by atoms with Crippen molar-refractivity contribution in [1.29, 1.82) is 0 Å². The Morgan fingerprint density at radius 3 is 3.00 bits per heavy atom. The van der Waals surface area contributed by atoms with Gasteiger partial charge in [0, 0.05) is 11.3 Å². The van der Waals surface area contributed by atoms with Gasteiger partial charge in [0.05, 0.1) is 23.9 Å². The summed E-state index contributed by atoms with van der Waals surface area (Å²) in [5.41, 5.74) is 3.98. The zero-order valence-electron chi connectivity index (χ0n) is 19.3. The first-order chi connectivity index (χ1) is 16.0. The summed E-state index contributed by atoms with van der Waals surface area (Å²) < 4.78 is 7.41. The summed E-state index contributed by atoms with van der Waals surface area (Å²) in [4.78, 5) is 20.2. The maximum atomic E-state index is 12.7. The van der Waals surface area contributed by atoms with Crippen LogP contribution in [0.5, 0.6) is 5.75 Å². The molecule has 0 saturated heterocycles. The molecular weight excluding hydrogens is 454 g/mol. The zero-order valence-corrected chi connectivity index (χ0v) is 20.9. The number of carbonyl (C=O) groups is 1. The Kier molecular flexibility index (Phi) is 6.01. The van der Waals surface area contributed by atoms with Gasteiger partial charge in [-0.2, -0.15) is 0 Å². The molecule has 0 bridgehead atoms. The van der Waals surface area contributed by atoms with E-state index in [1.807, 2.05) is 29.5 Å². The lowest BCUT2D eigenvalue weighted by atomic mass is 9.89. The summed E-state index contributed by atoms with van der Waals surface area (Å²) in [7, 11) is 1.60. The molecule has 0 radical (unpaired) electrons. The number of methoxy groups -OCH3 is 1. The Hall–Kier alpha value is -2.65. The average Bonchev–Trinajstić information content (AvgIpc) is 3.37. The number of ether oxygens (including phenoxy) is 1. The van der Waals surface area contributed by atoms with Gasteiger partial charge < -0.3 is 10.1 Å². The van der Waals surface area contributed by atoms with Crippen LogP contribution in [0.3, 0.4) is 0 Å². The number of nitrogens with zero attached hydrogens (tertiary/aromatic N) is 4. The molecule has 0 aliphatic heterocycles. The van der Waals surface area contributed by atoms with Crippen molar-refractivity contribution in [3.8, 4) is 5.75 Å². The Morgan fingerprint density at radius 2 is 2.21 bits per heavy atom. The molecule has 9 heteroatoms. The van der Waals surface area contributed by atoms with E-state index in [1.165, 1.54) is 28.6 Å². The smallest absolute Gasteiger partial charge is 0.234 e. The molecule has 1 amide bonds. The third-order valence-electron chi connectivity index (χ3n) is 6.12. The molecule has 3 aromatic heterocycles. The van der Waals surface area contributed by atoms with Crippen LogP contribution in [0.15, 0.2) is 23.4 Å². The topological polar surface area (TPSA) is 81.4 Å². The number of carbonyl (C=O) groups excluding carboxylic acids is 1. The van der Waals surface area contributed by atoms with Gasteiger partial charge in [-0.3, -0.25) is 9.20 Å². The first-order valence-electron chi connectivity index (χ1n) is 11.2. The van der Waals surface area contributed by atoms with Crippen LogP contribution in [-0.2, 0) is 24.1 Å². The number of hydrogen-bond acceptors (Lipinski definition) is 7. The van der Waals surface area contributed by atoms with E-state index in [9.17, 15) is 4.79 Å². The van der Waals surface area contributed by atoms with Gasteiger partial charge in [-0.05, 0) is 55.4 Å². The maximum absolute atomic E-state index is 12.7. The average molecular weight is 482 g/mol. The van der Waals surface area contributed by atoms with E-state index < -0.39 is 0 Å². The van der Waals surface area contributed by atoms with Crippen molar-refractivity contribution in [2.75, 3.05) is 18.2 Å². The second kappa shape index (κ2) is 8.95. The number of amides is 1. The summed E-state index contributed by atoms with van der Waals surface area (Å²) >= 11 is 3.19. The van der Waals surface area contributed by atoms with Gasteiger partial charge in [-0.1, -0.05) is 31.7 Å². The summed E-state index contributed by atoms with van der Waals surface area (Å²) in [6.07, 6.45) is 4.14. The van der Waals surface area contributed by atoms with E-state index in [0.29, 0.717) is 22.5 Å². The number of thiophene rings is 1. The first-order valence-corrected chi connectivity index (χ1v) is 13.0. The van der Waals surface area contributed by atoms with Crippen LogP contribution in [0.4, 0.5) is 5.69 Å². The van der Waals surface area contributed by atoms with E-state index in [-0.39, 0.29) is 11.7 Å². The minimum atomic E-state index is -0.116. The number of aryl methyl sites for hydroxylation is 3. The van der Waals surface area contributed by atoms with Crippen LogP contribution in [-0.4, -0.2) is 38.4 Å². The molecule has 33 heavy (non-hydrogen) atoms. The first kappa shape index (κ1) is 22.2. The normalized spacial score (nSPS) is 15.7. The Bertz CT molecular complexity index is 1360. The number of rotatable bonds is 6. The van der Waals surface area contributed by atoms with Crippen molar-refractivity contribution in [3.05, 3.63) is 40.0 Å². The number of hydrogen-bond donors (Lipinski definition) is 1. The molecule has 1 atom stereocenters. The third kappa shape index (κ3) is 4.08. The summed E-state index contributed by atoms with van der Waals surface area (Å²) in [5.74, 6) is 2.38. The molecule has 0 fully saturated rings. The molecule has 0 spiro atoms. The third-order valence-corrected chi connectivity index (χ3v) is 8.19. The minimum Gasteiger partial charge on any atom is -0.495 e. The molecule has 0 saturated carbocycles. The van der Waals surface area contributed by atoms with Gasteiger partial charge in [-0.15, -0.1) is 21.5 Å². The van der Waals surface area contributed by atoms with Crippen molar-refractivity contribution < 1.29 is 9.53 Å². The number of anilines is 1. The van der Waals surface area contributed by atoms with E-state index in [2.05, 4.69) is 29.4 Å².